The molecule has 0 radical (unpaired) electrons. The molecule has 0 spiro atoms. The summed E-state index contributed by atoms with van der Waals surface area (Å²) in [7, 11) is 0. The summed E-state index contributed by atoms with van der Waals surface area (Å²) in [5.41, 5.74) is 4.69. The molecule has 0 unspecified atom stereocenters. The second kappa shape index (κ2) is 7.68. The molecular weight excluding hydrogens is 354 g/mol. The molecule has 6 heteroatoms. The van der Waals surface area contributed by atoms with E-state index < -0.39 is 0 Å². The minimum atomic E-state index is -0.204. The Morgan fingerprint density at radius 2 is 2.04 bits per heavy atom. The summed E-state index contributed by atoms with van der Waals surface area (Å²) < 4.78 is 0. The number of aryl methyl sites for hydroxylation is 2. The first-order valence-corrected chi connectivity index (χ1v) is 9.09. The molecule has 3 aromatic rings. The molecule has 0 saturated carbocycles. The predicted octanol–water partition coefficient (Wildman–Crippen LogP) is 5.09. The number of hydrogen-bond donors (Lipinski definition) is 2. The van der Waals surface area contributed by atoms with Crippen molar-refractivity contribution in [3.05, 3.63) is 75.3 Å². The SMILES string of the molecule is Cc1ccc(Nc2nc(C(=O)NCc3cccc(Cl)c3)cs2)c(C)c1. The van der Waals surface area contributed by atoms with Crippen LogP contribution in [0.15, 0.2) is 47.8 Å². The highest BCUT2D eigenvalue weighted by atomic mass is 35.5. The van der Waals surface area contributed by atoms with E-state index in [9.17, 15) is 4.79 Å². The van der Waals surface area contributed by atoms with Crippen LogP contribution in [-0.4, -0.2) is 10.9 Å². The molecule has 1 heterocycles. The van der Waals surface area contributed by atoms with Crippen molar-refractivity contribution in [1.29, 1.82) is 0 Å². The zero-order valence-electron chi connectivity index (χ0n) is 14.0. The molecule has 0 fully saturated rings. The van der Waals surface area contributed by atoms with Crippen LogP contribution in [0.25, 0.3) is 0 Å². The van der Waals surface area contributed by atoms with Gasteiger partial charge < -0.3 is 10.6 Å². The van der Waals surface area contributed by atoms with Crippen molar-refractivity contribution in [1.82, 2.24) is 10.3 Å². The average Bonchev–Trinajstić information content (AvgIpc) is 3.04. The molecular formula is C19H18ClN3OS. The van der Waals surface area contributed by atoms with Crippen molar-refractivity contribution in [2.75, 3.05) is 5.32 Å². The molecule has 1 amide bonds. The first kappa shape index (κ1) is 17.5. The second-order valence-electron chi connectivity index (χ2n) is 5.79. The third-order valence-corrected chi connectivity index (χ3v) is 4.70. The fraction of sp³-hybridized carbons (Fsp3) is 0.158. The van der Waals surface area contributed by atoms with E-state index >= 15 is 0 Å². The zero-order valence-corrected chi connectivity index (χ0v) is 15.5. The maximum atomic E-state index is 12.3. The van der Waals surface area contributed by atoms with Crippen molar-refractivity contribution in [2.45, 2.75) is 20.4 Å². The van der Waals surface area contributed by atoms with E-state index in [2.05, 4.69) is 28.6 Å². The van der Waals surface area contributed by atoms with Crippen LogP contribution in [0.1, 0.15) is 27.2 Å². The number of nitrogens with one attached hydrogen (secondary N) is 2. The fourth-order valence-corrected chi connectivity index (χ4v) is 3.34. The van der Waals surface area contributed by atoms with Gasteiger partial charge in [-0.3, -0.25) is 4.79 Å². The maximum absolute atomic E-state index is 12.3. The second-order valence-corrected chi connectivity index (χ2v) is 7.09. The Bertz CT molecular complexity index is 907. The molecule has 128 valence electrons. The van der Waals surface area contributed by atoms with Gasteiger partial charge in [0.25, 0.3) is 5.91 Å². The van der Waals surface area contributed by atoms with Crippen LogP contribution in [0.2, 0.25) is 5.02 Å². The van der Waals surface area contributed by atoms with Crippen LogP contribution in [0.3, 0.4) is 0 Å². The van der Waals surface area contributed by atoms with Crippen LogP contribution in [0.4, 0.5) is 10.8 Å². The highest BCUT2D eigenvalue weighted by Gasteiger charge is 2.11. The van der Waals surface area contributed by atoms with Crippen molar-refractivity contribution < 1.29 is 4.79 Å². The number of aromatic nitrogens is 1. The van der Waals surface area contributed by atoms with Gasteiger partial charge in [-0.1, -0.05) is 41.4 Å². The lowest BCUT2D eigenvalue weighted by Gasteiger charge is -2.07. The minimum Gasteiger partial charge on any atom is -0.347 e. The quantitative estimate of drug-likeness (QED) is 0.657. The predicted molar refractivity (Wildman–Crippen MR) is 104 cm³/mol. The number of nitrogens with zero attached hydrogens (tertiary/aromatic N) is 1. The van der Waals surface area contributed by atoms with Gasteiger partial charge in [0, 0.05) is 22.6 Å². The van der Waals surface area contributed by atoms with E-state index in [0.717, 1.165) is 16.8 Å². The molecule has 3 rings (SSSR count). The first-order valence-electron chi connectivity index (χ1n) is 7.84. The Hall–Kier alpha value is -2.37. The first-order chi connectivity index (χ1) is 12.0. The number of rotatable bonds is 5. The summed E-state index contributed by atoms with van der Waals surface area (Å²) in [4.78, 5) is 16.6. The number of hydrogen-bond acceptors (Lipinski definition) is 4. The van der Waals surface area contributed by atoms with E-state index in [1.165, 1.54) is 16.9 Å². The molecule has 0 saturated heterocycles. The van der Waals surface area contributed by atoms with Gasteiger partial charge in [-0.15, -0.1) is 11.3 Å². The minimum absolute atomic E-state index is 0.204. The van der Waals surface area contributed by atoms with Gasteiger partial charge in [0.15, 0.2) is 5.13 Å². The summed E-state index contributed by atoms with van der Waals surface area (Å²) >= 11 is 7.35. The van der Waals surface area contributed by atoms with Gasteiger partial charge in [-0.05, 0) is 43.2 Å². The summed E-state index contributed by atoms with van der Waals surface area (Å²) in [6.07, 6.45) is 0. The standard InChI is InChI=1S/C19H18ClN3OS/c1-12-6-7-16(13(2)8-12)22-19-23-17(11-25-19)18(24)21-10-14-4-3-5-15(20)9-14/h3-9,11H,10H2,1-2H3,(H,21,24)(H,22,23). The smallest absolute Gasteiger partial charge is 0.271 e. The summed E-state index contributed by atoms with van der Waals surface area (Å²) in [6.45, 7) is 4.51. The molecule has 0 aliphatic rings. The highest BCUT2D eigenvalue weighted by Crippen LogP contribution is 2.24. The molecule has 0 bridgehead atoms. The molecule has 25 heavy (non-hydrogen) atoms. The summed E-state index contributed by atoms with van der Waals surface area (Å²) in [5.74, 6) is -0.204. The van der Waals surface area contributed by atoms with Crippen LogP contribution < -0.4 is 10.6 Å². The van der Waals surface area contributed by atoms with E-state index in [4.69, 9.17) is 11.6 Å². The fourth-order valence-electron chi connectivity index (χ4n) is 2.42. The summed E-state index contributed by atoms with van der Waals surface area (Å²) in [5, 5.41) is 9.22. The summed E-state index contributed by atoms with van der Waals surface area (Å²) in [6, 6.07) is 13.6. The van der Waals surface area contributed by atoms with Crippen LogP contribution in [0.5, 0.6) is 0 Å². The monoisotopic (exact) mass is 371 g/mol. The molecule has 0 aliphatic carbocycles. The van der Waals surface area contributed by atoms with Gasteiger partial charge in [-0.2, -0.15) is 0 Å². The van der Waals surface area contributed by atoms with Crippen molar-refractivity contribution in [3.63, 3.8) is 0 Å². The number of amides is 1. The Kier molecular flexibility index (Phi) is 5.36. The normalized spacial score (nSPS) is 10.5. The lowest BCUT2D eigenvalue weighted by Crippen LogP contribution is -2.23. The third-order valence-electron chi connectivity index (χ3n) is 3.70. The van der Waals surface area contributed by atoms with E-state index in [0.29, 0.717) is 22.4 Å². The number of carbonyl (C=O) groups is 1. The number of thiazole rings is 1. The van der Waals surface area contributed by atoms with E-state index in [1.807, 2.05) is 37.3 Å². The van der Waals surface area contributed by atoms with Crippen LogP contribution >= 0.6 is 22.9 Å². The maximum Gasteiger partial charge on any atom is 0.271 e. The topological polar surface area (TPSA) is 54.0 Å². The van der Waals surface area contributed by atoms with Crippen LogP contribution in [-0.2, 0) is 6.54 Å². The molecule has 1 aromatic heterocycles. The molecule has 2 N–H and O–H groups in total. The average molecular weight is 372 g/mol. The van der Waals surface area contributed by atoms with Gasteiger partial charge in [0.05, 0.1) is 0 Å². The Morgan fingerprint density at radius 1 is 1.20 bits per heavy atom. The molecule has 0 atom stereocenters. The number of halogens is 1. The van der Waals surface area contributed by atoms with E-state index in [-0.39, 0.29) is 5.91 Å². The van der Waals surface area contributed by atoms with Gasteiger partial charge in [-0.25, -0.2) is 4.98 Å². The van der Waals surface area contributed by atoms with Gasteiger partial charge in [0.1, 0.15) is 5.69 Å². The Labute approximate surface area is 155 Å². The van der Waals surface area contributed by atoms with Crippen molar-refractivity contribution in [3.8, 4) is 0 Å². The third kappa shape index (κ3) is 4.59. The number of benzene rings is 2. The lowest BCUT2D eigenvalue weighted by atomic mass is 10.1. The molecule has 2 aromatic carbocycles. The zero-order chi connectivity index (χ0) is 17.8. The largest absolute Gasteiger partial charge is 0.347 e. The van der Waals surface area contributed by atoms with Crippen molar-refractivity contribution >= 4 is 39.7 Å². The number of anilines is 2. The van der Waals surface area contributed by atoms with Crippen LogP contribution in [0, 0.1) is 13.8 Å². The van der Waals surface area contributed by atoms with Crippen molar-refractivity contribution in [2.24, 2.45) is 0 Å². The molecule has 0 aliphatic heterocycles. The van der Waals surface area contributed by atoms with Gasteiger partial charge >= 0.3 is 0 Å². The van der Waals surface area contributed by atoms with E-state index in [1.54, 1.807) is 11.4 Å². The Balaban J connectivity index is 1.63. The lowest BCUT2D eigenvalue weighted by molar-refractivity contribution is 0.0946. The Morgan fingerprint density at radius 3 is 2.80 bits per heavy atom. The molecule has 4 nitrogen and oxygen atoms in total. The highest BCUT2D eigenvalue weighted by molar-refractivity contribution is 7.14. The van der Waals surface area contributed by atoms with Gasteiger partial charge in [0.2, 0.25) is 0 Å². The number of carbonyl (C=O) groups excluding carboxylic acids is 1.